The van der Waals surface area contributed by atoms with Crippen LogP contribution in [0.4, 0.5) is 0 Å². The summed E-state index contributed by atoms with van der Waals surface area (Å²) in [5.74, 6) is 1.44. The highest BCUT2D eigenvalue weighted by Gasteiger charge is 2.19. The van der Waals surface area contributed by atoms with Crippen molar-refractivity contribution in [1.82, 2.24) is 15.5 Å². The number of hydrogen-bond acceptors (Lipinski definition) is 4. The number of amides is 1. The largest absolute Gasteiger partial charge is 0.492 e. The second-order valence-corrected chi connectivity index (χ2v) is 6.45. The molecule has 1 amide bonds. The molecule has 2 rings (SSSR count). The summed E-state index contributed by atoms with van der Waals surface area (Å²) < 4.78 is 5.66. The highest BCUT2D eigenvalue weighted by Crippen LogP contribution is 2.18. The van der Waals surface area contributed by atoms with E-state index < -0.39 is 0 Å². The molecule has 1 atom stereocenters. The SMILES string of the molecule is CC(C)c1ccc(OCCNC(=O)CN2CCNC[C@H]2C)cc1. The van der Waals surface area contributed by atoms with Crippen LogP contribution in [-0.4, -0.2) is 56.2 Å². The molecule has 23 heavy (non-hydrogen) atoms. The lowest BCUT2D eigenvalue weighted by Crippen LogP contribution is -2.52. The molecule has 1 aliphatic rings. The zero-order valence-corrected chi connectivity index (χ0v) is 14.5. The van der Waals surface area contributed by atoms with Crippen LogP contribution >= 0.6 is 0 Å². The molecule has 0 spiro atoms. The second-order valence-electron chi connectivity index (χ2n) is 6.45. The Balaban J connectivity index is 1.63. The summed E-state index contributed by atoms with van der Waals surface area (Å²) in [6.07, 6.45) is 0. The Morgan fingerprint density at radius 2 is 2.13 bits per heavy atom. The number of ether oxygens (including phenoxy) is 1. The predicted octanol–water partition coefficient (Wildman–Crippen LogP) is 1.60. The van der Waals surface area contributed by atoms with Crippen molar-refractivity contribution < 1.29 is 9.53 Å². The van der Waals surface area contributed by atoms with Gasteiger partial charge in [-0.05, 0) is 30.5 Å². The summed E-state index contributed by atoms with van der Waals surface area (Å²) in [5, 5.41) is 6.25. The molecule has 5 nitrogen and oxygen atoms in total. The average Bonchev–Trinajstić information content (AvgIpc) is 2.54. The third kappa shape index (κ3) is 5.84. The van der Waals surface area contributed by atoms with Crippen molar-refractivity contribution >= 4 is 5.91 Å². The van der Waals surface area contributed by atoms with Crippen LogP contribution in [-0.2, 0) is 4.79 Å². The number of nitrogens with zero attached hydrogens (tertiary/aromatic N) is 1. The zero-order valence-electron chi connectivity index (χ0n) is 14.5. The molecule has 1 aromatic rings. The topological polar surface area (TPSA) is 53.6 Å². The van der Waals surface area contributed by atoms with Crippen molar-refractivity contribution in [1.29, 1.82) is 0 Å². The summed E-state index contributed by atoms with van der Waals surface area (Å²) in [6.45, 7) is 10.8. The van der Waals surface area contributed by atoms with Crippen molar-refractivity contribution in [2.24, 2.45) is 0 Å². The molecule has 0 unspecified atom stereocenters. The normalized spacial score (nSPS) is 18.9. The van der Waals surface area contributed by atoms with E-state index in [0.29, 0.717) is 31.7 Å². The Bertz CT molecular complexity index is 488. The lowest BCUT2D eigenvalue weighted by atomic mass is 10.0. The van der Waals surface area contributed by atoms with Gasteiger partial charge < -0.3 is 15.4 Å². The van der Waals surface area contributed by atoms with Crippen molar-refractivity contribution in [2.45, 2.75) is 32.7 Å². The summed E-state index contributed by atoms with van der Waals surface area (Å²) >= 11 is 0. The van der Waals surface area contributed by atoms with Gasteiger partial charge in [0, 0.05) is 25.7 Å². The lowest BCUT2D eigenvalue weighted by molar-refractivity contribution is -0.123. The zero-order chi connectivity index (χ0) is 16.7. The van der Waals surface area contributed by atoms with Gasteiger partial charge in [-0.25, -0.2) is 0 Å². The molecular formula is C18H29N3O2. The molecular weight excluding hydrogens is 290 g/mol. The fourth-order valence-electron chi connectivity index (χ4n) is 2.67. The van der Waals surface area contributed by atoms with E-state index in [0.717, 1.165) is 25.4 Å². The first-order chi connectivity index (χ1) is 11.1. The first-order valence-electron chi connectivity index (χ1n) is 8.50. The average molecular weight is 319 g/mol. The number of hydrogen-bond donors (Lipinski definition) is 2. The maximum atomic E-state index is 12.0. The standard InChI is InChI=1S/C18H29N3O2/c1-14(2)16-4-6-17(7-5-16)23-11-9-20-18(22)13-21-10-8-19-12-15(21)3/h4-7,14-15,19H,8-13H2,1-3H3,(H,20,22)/t15-/m1/s1. The van der Waals surface area contributed by atoms with Crippen LogP contribution in [0.5, 0.6) is 5.75 Å². The van der Waals surface area contributed by atoms with Gasteiger partial charge >= 0.3 is 0 Å². The Labute approximate surface area is 139 Å². The highest BCUT2D eigenvalue weighted by molar-refractivity contribution is 5.78. The third-order valence-corrected chi connectivity index (χ3v) is 4.23. The third-order valence-electron chi connectivity index (χ3n) is 4.23. The van der Waals surface area contributed by atoms with Gasteiger partial charge in [-0.15, -0.1) is 0 Å². The summed E-state index contributed by atoms with van der Waals surface area (Å²) in [7, 11) is 0. The van der Waals surface area contributed by atoms with Crippen LogP contribution in [0.1, 0.15) is 32.3 Å². The molecule has 0 bridgehead atoms. The van der Waals surface area contributed by atoms with E-state index >= 15 is 0 Å². The van der Waals surface area contributed by atoms with Crippen LogP contribution in [0.3, 0.4) is 0 Å². The Kier molecular flexibility index (Phi) is 6.86. The number of benzene rings is 1. The van der Waals surface area contributed by atoms with E-state index in [1.54, 1.807) is 0 Å². The molecule has 1 aromatic carbocycles. The summed E-state index contributed by atoms with van der Waals surface area (Å²) in [6, 6.07) is 8.55. The van der Waals surface area contributed by atoms with Gasteiger partial charge in [-0.1, -0.05) is 26.0 Å². The fourth-order valence-corrected chi connectivity index (χ4v) is 2.67. The highest BCUT2D eigenvalue weighted by atomic mass is 16.5. The molecule has 0 aliphatic carbocycles. The molecule has 2 N–H and O–H groups in total. The smallest absolute Gasteiger partial charge is 0.234 e. The first kappa shape index (κ1) is 17.8. The molecule has 1 heterocycles. The number of carbonyl (C=O) groups is 1. The molecule has 1 fully saturated rings. The van der Waals surface area contributed by atoms with Crippen LogP contribution in [0.2, 0.25) is 0 Å². The van der Waals surface area contributed by atoms with Gasteiger partial charge in [0.1, 0.15) is 12.4 Å². The van der Waals surface area contributed by atoms with Crippen LogP contribution in [0.15, 0.2) is 24.3 Å². The first-order valence-corrected chi connectivity index (χ1v) is 8.50. The number of carbonyl (C=O) groups excluding carboxylic acids is 1. The Hall–Kier alpha value is -1.59. The lowest BCUT2D eigenvalue weighted by Gasteiger charge is -2.33. The molecule has 0 saturated carbocycles. The van der Waals surface area contributed by atoms with Crippen molar-refractivity contribution in [2.75, 3.05) is 39.3 Å². The molecule has 128 valence electrons. The van der Waals surface area contributed by atoms with E-state index in [4.69, 9.17) is 4.74 Å². The Morgan fingerprint density at radius 3 is 2.78 bits per heavy atom. The summed E-state index contributed by atoms with van der Waals surface area (Å²) in [4.78, 5) is 14.2. The second kappa shape index (κ2) is 8.89. The number of piperazine rings is 1. The number of nitrogens with one attached hydrogen (secondary N) is 2. The van der Waals surface area contributed by atoms with Gasteiger partial charge in [0.25, 0.3) is 0 Å². The van der Waals surface area contributed by atoms with E-state index in [-0.39, 0.29) is 5.91 Å². The minimum Gasteiger partial charge on any atom is -0.492 e. The minimum absolute atomic E-state index is 0.0671. The molecule has 0 radical (unpaired) electrons. The molecule has 1 saturated heterocycles. The number of rotatable bonds is 7. The molecule has 5 heteroatoms. The van der Waals surface area contributed by atoms with Gasteiger partial charge in [-0.2, -0.15) is 0 Å². The quantitative estimate of drug-likeness (QED) is 0.750. The van der Waals surface area contributed by atoms with Gasteiger partial charge in [0.05, 0.1) is 13.1 Å². The van der Waals surface area contributed by atoms with E-state index in [1.165, 1.54) is 5.56 Å². The van der Waals surface area contributed by atoms with Crippen molar-refractivity contribution in [3.05, 3.63) is 29.8 Å². The van der Waals surface area contributed by atoms with Crippen LogP contribution in [0, 0.1) is 0 Å². The monoisotopic (exact) mass is 319 g/mol. The Morgan fingerprint density at radius 1 is 1.39 bits per heavy atom. The summed E-state index contributed by atoms with van der Waals surface area (Å²) in [5.41, 5.74) is 1.30. The fraction of sp³-hybridized carbons (Fsp3) is 0.611. The molecule has 1 aliphatic heterocycles. The predicted molar refractivity (Wildman–Crippen MR) is 92.9 cm³/mol. The van der Waals surface area contributed by atoms with E-state index in [1.807, 2.05) is 12.1 Å². The molecule has 0 aromatic heterocycles. The van der Waals surface area contributed by atoms with Gasteiger partial charge in [-0.3, -0.25) is 9.69 Å². The van der Waals surface area contributed by atoms with Crippen molar-refractivity contribution in [3.63, 3.8) is 0 Å². The van der Waals surface area contributed by atoms with Crippen molar-refractivity contribution in [3.8, 4) is 5.75 Å². The maximum absolute atomic E-state index is 12.0. The minimum atomic E-state index is 0.0671. The van der Waals surface area contributed by atoms with Gasteiger partial charge in [0.2, 0.25) is 5.91 Å². The van der Waals surface area contributed by atoms with Gasteiger partial charge in [0.15, 0.2) is 0 Å². The maximum Gasteiger partial charge on any atom is 0.234 e. The van der Waals surface area contributed by atoms with E-state index in [9.17, 15) is 4.79 Å². The van der Waals surface area contributed by atoms with Crippen LogP contribution in [0.25, 0.3) is 0 Å². The van der Waals surface area contributed by atoms with Crippen LogP contribution < -0.4 is 15.4 Å². The van der Waals surface area contributed by atoms with E-state index in [2.05, 4.69) is 48.4 Å².